The van der Waals surface area contributed by atoms with Crippen LogP contribution in [0.25, 0.3) is 0 Å². The number of sulfonamides is 1. The molecule has 2 rings (SSSR count). The van der Waals surface area contributed by atoms with Gasteiger partial charge in [0.15, 0.2) is 9.96 Å². The van der Waals surface area contributed by atoms with Gasteiger partial charge in [0.2, 0.25) is 0 Å². The number of nitrogens with zero attached hydrogens (tertiary/aromatic N) is 1. The molecule has 0 aliphatic carbocycles. The van der Waals surface area contributed by atoms with Gasteiger partial charge in [-0.2, -0.15) is 8.42 Å². The highest BCUT2D eigenvalue weighted by Gasteiger charge is 2.29. The number of carbonyl (C=O) groups excluding carboxylic acids is 1. The summed E-state index contributed by atoms with van der Waals surface area (Å²) in [5.41, 5.74) is -0.0208. The third-order valence-corrected chi connectivity index (χ3v) is 9.68. The largest absolute Gasteiger partial charge is 0.493 e. The Labute approximate surface area is 142 Å². The zero-order valence-electron chi connectivity index (χ0n) is 12.3. The number of ether oxygens (including phenoxy) is 2. The minimum atomic E-state index is -4.27. The number of carbonyl (C=O) groups is 1. The topological polar surface area (TPSA) is 99.1 Å². The van der Waals surface area contributed by atoms with E-state index in [-0.39, 0.29) is 15.5 Å². The Kier molecular flexibility index (Phi) is 5.14. The molecule has 0 bridgehead atoms. The molecule has 0 radical (unpaired) electrons. The summed E-state index contributed by atoms with van der Waals surface area (Å²) in [6.45, 7) is 0. The van der Waals surface area contributed by atoms with Gasteiger partial charge in [-0.25, -0.2) is 9.00 Å². The second-order valence-corrected chi connectivity index (χ2v) is 10.6. The average molecular weight is 396 g/mol. The molecule has 0 spiro atoms. The molecule has 0 fully saturated rings. The van der Waals surface area contributed by atoms with E-state index in [4.69, 9.17) is 4.74 Å². The van der Waals surface area contributed by atoms with E-state index in [2.05, 4.69) is 8.50 Å². The third-order valence-electron chi connectivity index (χ3n) is 2.67. The zero-order valence-corrected chi connectivity index (χ0v) is 15.6. The highest BCUT2D eigenvalue weighted by molar-refractivity contribution is 8.04. The van der Waals surface area contributed by atoms with Crippen LogP contribution in [0.15, 0.2) is 35.1 Å². The molecule has 1 atom stereocenters. The van der Waals surface area contributed by atoms with Crippen LogP contribution in [0, 0.1) is 0 Å². The van der Waals surface area contributed by atoms with Crippen LogP contribution in [0.4, 0.5) is 0 Å². The fraction of sp³-hybridized carbons (Fsp3) is 0.250. The van der Waals surface area contributed by atoms with E-state index >= 15 is 0 Å². The first-order valence-electron chi connectivity index (χ1n) is 5.98. The van der Waals surface area contributed by atoms with Gasteiger partial charge in [-0.05, 0) is 11.4 Å². The summed E-state index contributed by atoms with van der Waals surface area (Å²) >= 11 is 1.91. The second kappa shape index (κ2) is 6.59. The lowest BCUT2D eigenvalue weighted by atomic mass is 10.3. The van der Waals surface area contributed by atoms with Crippen molar-refractivity contribution < 1.29 is 26.9 Å². The monoisotopic (exact) mass is 395 g/mol. The molecule has 7 nitrogen and oxygen atoms in total. The molecular formula is C12H13NO6S4. The smallest absolute Gasteiger partial charge is 0.342 e. The summed E-state index contributed by atoms with van der Waals surface area (Å²) in [6, 6.07) is 3.21. The van der Waals surface area contributed by atoms with Gasteiger partial charge in [0.25, 0.3) is 0 Å². The Morgan fingerprint density at radius 3 is 2.43 bits per heavy atom. The maximum Gasteiger partial charge on any atom is 0.342 e. The first-order chi connectivity index (χ1) is 10.7. The third kappa shape index (κ3) is 3.57. The van der Waals surface area contributed by atoms with Crippen molar-refractivity contribution in [2.45, 2.75) is 8.42 Å². The van der Waals surface area contributed by atoms with E-state index in [1.807, 2.05) is 0 Å². The molecule has 2 heterocycles. The van der Waals surface area contributed by atoms with Crippen LogP contribution in [-0.4, -0.2) is 39.1 Å². The molecule has 0 aliphatic heterocycles. The van der Waals surface area contributed by atoms with Crippen LogP contribution >= 0.6 is 22.7 Å². The van der Waals surface area contributed by atoms with Crippen molar-refractivity contribution in [3.8, 4) is 5.75 Å². The Bertz CT molecular complexity index is 932. The van der Waals surface area contributed by atoms with Crippen LogP contribution < -0.4 is 4.74 Å². The first kappa shape index (κ1) is 17.9. The van der Waals surface area contributed by atoms with Crippen molar-refractivity contribution in [1.82, 2.24) is 0 Å². The van der Waals surface area contributed by atoms with E-state index in [0.29, 0.717) is 4.21 Å². The van der Waals surface area contributed by atoms with Gasteiger partial charge in [-0.3, -0.25) is 0 Å². The minimum absolute atomic E-state index is 0.0208. The van der Waals surface area contributed by atoms with Gasteiger partial charge < -0.3 is 9.47 Å². The average Bonchev–Trinajstić information content (AvgIpc) is 3.14. The predicted molar refractivity (Wildman–Crippen MR) is 88.5 cm³/mol. The number of thiophene rings is 2. The van der Waals surface area contributed by atoms with Gasteiger partial charge in [-0.15, -0.1) is 26.4 Å². The summed E-state index contributed by atoms with van der Waals surface area (Å²) in [5, 5.41) is 2.98. The van der Waals surface area contributed by atoms with Crippen LogP contribution in [0.1, 0.15) is 10.4 Å². The highest BCUT2D eigenvalue weighted by Crippen LogP contribution is 2.37. The number of esters is 1. The standard InChI is InChI=1S/C12H13NO6S4/c1-18-10-8(11(14)19-2)7-21-12(10)23(16,17)13-22(3,15)9-5-4-6-20-9/h4-7H,1-3H3/t22-/m0/s1. The fourth-order valence-electron chi connectivity index (χ4n) is 1.69. The molecule has 0 saturated carbocycles. The van der Waals surface area contributed by atoms with Crippen molar-refractivity contribution in [3.63, 3.8) is 0 Å². The number of hydrogen-bond donors (Lipinski definition) is 0. The maximum absolute atomic E-state index is 12.6. The Morgan fingerprint density at radius 2 is 1.91 bits per heavy atom. The minimum Gasteiger partial charge on any atom is -0.493 e. The predicted octanol–water partition coefficient (Wildman–Crippen LogP) is 2.45. The van der Waals surface area contributed by atoms with Crippen molar-refractivity contribution in [3.05, 3.63) is 28.5 Å². The molecule has 0 unspecified atom stereocenters. The van der Waals surface area contributed by atoms with Gasteiger partial charge >= 0.3 is 16.0 Å². The summed E-state index contributed by atoms with van der Waals surface area (Å²) < 4.78 is 50.7. The van der Waals surface area contributed by atoms with Gasteiger partial charge in [0, 0.05) is 11.6 Å². The van der Waals surface area contributed by atoms with Crippen LogP contribution in [0.3, 0.4) is 0 Å². The van der Waals surface area contributed by atoms with Gasteiger partial charge in [-0.1, -0.05) is 6.07 Å². The molecular weight excluding hydrogens is 382 g/mol. The summed E-state index contributed by atoms with van der Waals surface area (Å²) in [4.78, 5) is 11.6. The molecule has 23 heavy (non-hydrogen) atoms. The molecule has 11 heteroatoms. The highest BCUT2D eigenvalue weighted by atomic mass is 32.3. The quantitative estimate of drug-likeness (QED) is 0.721. The van der Waals surface area contributed by atoms with Crippen LogP contribution in [0.2, 0.25) is 0 Å². The van der Waals surface area contributed by atoms with Crippen molar-refractivity contribution in [2.75, 3.05) is 20.5 Å². The molecule has 0 amide bonds. The molecule has 0 aliphatic rings. The Balaban J connectivity index is 2.60. The van der Waals surface area contributed by atoms with E-state index in [1.54, 1.807) is 17.5 Å². The Hall–Kier alpha value is -1.43. The van der Waals surface area contributed by atoms with E-state index in [0.717, 1.165) is 22.7 Å². The maximum atomic E-state index is 12.6. The van der Waals surface area contributed by atoms with E-state index in [1.165, 1.54) is 25.9 Å². The Morgan fingerprint density at radius 1 is 1.22 bits per heavy atom. The van der Waals surface area contributed by atoms with Crippen LogP contribution in [0.5, 0.6) is 5.75 Å². The number of rotatable bonds is 5. The van der Waals surface area contributed by atoms with Crippen molar-refractivity contribution in [2.24, 2.45) is 3.77 Å². The summed E-state index contributed by atoms with van der Waals surface area (Å²) in [6.07, 6.45) is 1.25. The first-order valence-corrected chi connectivity index (χ1v) is 11.1. The van der Waals surface area contributed by atoms with Crippen molar-refractivity contribution >= 4 is 48.4 Å². The lowest BCUT2D eigenvalue weighted by Crippen LogP contribution is -2.06. The second-order valence-electron chi connectivity index (χ2n) is 4.25. The zero-order chi connectivity index (χ0) is 17.3. The SMILES string of the molecule is COC(=O)c1csc(S(=O)(=O)N=[S@@](C)(=O)c2cccs2)c1OC. The van der Waals surface area contributed by atoms with E-state index in [9.17, 15) is 17.4 Å². The molecule has 0 saturated heterocycles. The lowest BCUT2D eigenvalue weighted by molar-refractivity contribution is 0.0597. The number of hydrogen-bond acceptors (Lipinski definition) is 8. The lowest BCUT2D eigenvalue weighted by Gasteiger charge is -2.05. The summed E-state index contributed by atoms with van der Waals surface area (Å²) in [5.74, 6) is -0.887. The molecule has 2 aromatic heterocycles. The van der Waals surface area contributed by atoms with Gasteiger partial charge in [0.05, 0.1) is 23.9 Å². The molecule has 0 aromatic carbocycles. The number of methoxy groups -OCH3 is 2. The molecule has 126 valence electrons. The van der Waals surface area contributed by atoms with Gasteiger partial charge in [0.1, 0.15) is 9.77 Å². The fourth-order valence-corrected chi connectivity index (χ4v) is 7.75. The van der Waals surface area contributed by atoms with Crippen LogP contribution in [-0.2, 0) is 24.5 Å². The molecule has 2 aromatic rings. The van der Waals surface area contributed by atoms with Crippen molar-refractivity contribution in [1.29, 1.82) is 0 Å². The summed E-state index contributed by atoms with van der Waals surface area (Å²) in [7, 11) is -4.98. The normalized spacial score (nSPS) is 14.0. The van der Waals surface area contributed by atoms with E-state index < -0.39 is 25.7 Å². The molecule has 0 N–H and O–H groups in total.